The van der Waals surface area contributed by atoms with Crippen LogP contribution in [0, 0.1) is 0 Å². The van der Waals surface area contributed by atoms with Gasteiger partial charge in [0.05, 0.1) is 0 Å². The van der Waals surface area contributed by atoms with Crippen molar-refractivity contribution in [2.24, 2.45) is 0 Å². The average molecular weight is 413 g/mol. The number of rotatable bonds is 6. The van der Waals surface area contributed by atoms with Crippen molar-refractivity contribution in [3.8, 4) is 11.1 Å². The molecule has 0 spiro atoms. The first-order valence-electron chi connectivity index (χ1n) is 11.0. The molecule has 4 nitrogen and oxygen atoms in total. The third-order valence-electron chi connectivity index (χ3n) is 5.86. The van der Waals surface area contributed by atoms with Crippen LogP contribution in [0.15, 0.2) is 84.9 Å². The Labute approximate surface area is 184 Å². The number of carbonyl (C=O) groups is 2. The Balaban J connectivity index is 1.25. The van der Waals surface area contributed by atoms with E-state index in [4.69, 9.17) is 0 Å². The summed E-state index contributed by atoms with van der Waals surface area (Å²) in [6.07, 6.45) is 2.34. The minimum absolute atomic E-state index is 0.0378. The van der Waals surface area contributed by atoms with Gasteiger partial charge < -0.3 is 9.80 Å². The molecule has 1 saturated heterocycles. The van der Waals surface area contributed by atoms with E-state index in [-0.39, 0.29) is 11.8 Å². The summed E-state index contributed by atoms with van der Waals surface area (Å²) in [6, 6.07) is 28.2. The zero-order valence-corrected chi connectivity index (χ0v) is 17.7. The molecule has 0 aliphatic carbocycles. The van der Waals surface area contributed by atoms with Gasteiger partial charge in [-0.2, -0.15) is 0 Å². The van der Waals surface area contributed by atoms with Crippen LogP contribution in [0.1, 0.15) is 28.8 Å². The first kappa shape index (κ1) is 20.9. The molecule has 4 rings (SSSR count). The quantitative estimate of drug-likeness (QED) is 0.591. The zero-order valence-electron chi connectivity index (χ0n) is 17.7. The fourth-order valence-electron chi connectivity index (χ4n) is 4.02. The van der Waals surface area contributed by atoms with Gasteiger partial charge in [0.1, 0.15) is 0 Å². The summed E-state index contributed by atoms with van der Waals surface area (Å²) in [7, 11) is 0. The Hall–Kier alpha value is -3.40. The summed E-state index contributed by atoms with van der Waals surface area (Å²) in [5.41, 5.74) is 4.20. The van der Waals surface area contributed by atoms with Crippen LogP contribution in [-0.2, 0) is 11.2 Å². The Morgan fingerprint density at radius 1 is 0.645 bits per heavy atom. The van der Waals surface area contributed by atoms with Gasteiger partial charge in [-0.05, 0) is 41.7 Å². The molecule has 0 aromatic heterocycles. The van der Waals surface area contributed by atoms with Crippen LogP contribution in [0.5, 0.6) is 0 Å². The highest BCUT2D eigenvalue weighted by Gasteiger charge is 2.24. The van der Waals surface area contributed by atoms with E-state index in [0.717, 1.165) is 24.0 Å². The minimum atomic E-state index is 0.0378. The van der Waals surface area contributed by atoms with E-state index in [9.17, 15) is 9.59 Å². The predicted molar refractivity (Wildman–Crippen MR) is 124 cm³/mol. The van der Waals surface area contributed by atoms with E-state index < -0.39 is 0 Å². The zero-order chi connectivity index (χ0) is 21.5. The third-order valence-corrected chi connectivity index (χ3v) is 5.86. The molecule has 0 unspecified atom stereocenters. The summed E-state index contributed by atoms with van der Waals surface area (Å²) >= 11 is 0. The SMILES string of the molecule is O=C(CCCc1ccccc1)N1CCN(C(=O)c2ccc(-c3ccccc3)cc2)CC1. The fourth-order valence-corrected chi connectivity index (χ4v) is 4.02. The maximum Gasteiger partial charge on any atom is 0.253 e. The highest BCUT2D eigenvalue weighted by molar-refractivity contribution is 5.95. The molecule has 1 fully saturated rings. The monoisotopic (exact) mass is 412 g/mol. The lowest BCUT2D eigenvalue weighted by Gasteiger charge is -2.35. The number of benzene rings is 3. The van der Waals surface area contributed by atoms with Gasteiger partial charge in [0.25, 0.3) is 5.91 Å². The molecule has 0 N–H and O–H groups in total. The van der Waals surface area contributed by atoms with Crippen molar-refractivity contribution in [1.29, 1.82) is 0 Å². The van der Waals surface area contributed by atoms with Gasteiger partial charge in [-0.15, -0.1) is 0 Å². The van der Waals surface area contributed by atoms with Crippen LogP contribution in [0.25, 0.3) is 11.1 Å². The van der Waals surface area contributed by atoms with Crippen LogP contribution < -0.4 is 0 Å². The predicted octanol–water partition coefficient (Wildman–Crippen LogP) is 4.66. The standard InChI is InChI=1S/C27H28N2O2/c30-26(13-7-10-22-8-3-1-4-9-22)28-18-20-29(21-19-28)27(31)25-16-14-24(15-17-25)23-11-5-2-6-12-23/h1-6,8-9,11-12,14-17H,7,10,13,18-21H2. The summed E-state index contributed by atoms with van der Waals surface area (Å²) in [6.45, 7) is 2.39. The Bertz CT molecular complexity index is 992. The van der Waals surface area contributed by atoms with Crippen molar-refractivity contribution in [2.45, 2.75) is 19.3 Å². The van der Waals surface area contributed by atoms with Gasteiger partial charge in [0.15, 0.2) is 0 Å². The molecule has 0 atom stereocenters. The van der Waals surface area contributed by atoms with Crippen LogP contribution in [-0.4, -0.2) is 47.8 Å². The smallest absolute Gasteiger partial charge is 0.253 e. The van der Waals surface area contributed by atoms with Gasteiger partial charge in [0, 0.05) is 38.2 Å². The molecule has 31 heavy (non-hydrogen) atoms. The van der Waals surface area contributed by atoms with Crippen LogP contribution in [0.4, 0.5) is 0 Å². The largest absolute Gasteiger partial charge is 0.339 e. The van der Waals surface area contributed by atoms with E-state index in [1.165, 1.54) is 5.56 Å². The van der Waals surface area contributed by atoms with Gasteiger partial charge in [-0.1, -0.05) is 72.8 Å². The molecule has 3 aromatic carbocycles. The van der Waals surface area contributed by atoms with Crippen molar-refractivity contribution >= 4 is 11.8 Å². The fraction of sp³-hybridized carbons (Fsp3) is 0.259. The Morgan fingerprint density at radius 2 is 1.19 bits per heavy atom. The Morgan fingerprint density at radius 3 is 1.84 bits per heavy atom. The van der Waals surface area contributed by atoms with E-state index in [0.29, 0.717) is 38.2 Å². The molecule has 4 heteroatoms. The number of hydrogen-bond acceptors (Lipinski definition) is 2. The number of aryl methyl sites for hydroxylation is 1. The number of hydrogen-bond donors (Lipinski definition) is 0. The van der Waals surface area contributed by atoms with Crippen LogP contribution in [0.3, 0.4) is 0 Å². The first-order valence-corrected chi connectivity index (χ1v) is 11.0. The lowest BCUT2D eigenvalue weighted by atomic mass is 10.0. The lowest BCUT2D eigenvalue weighted by molar-refractivity contribution is -0.132. The van der Waals surface area contributed by atoms with Crippen molar-refractivity contribution in [3.05, 3.63) is 96.1 Å². The third kappa shape index (κ3) is 5.40. The summed E-state index contributed by atoms with van der Waals surface area (Å²) in [4.78, 5) is 29.2. The summed E-state index contributed by atoms with van der Waals surface area (Å²) in [5.74, 6) is 0.228. The molecule has 3 aromatic rings. The number of carbonyl (C=O) groups excluding carboxylic acids is 2. The maximum absolute atomic E-state index is 12.9. The molecule has 0 radical (unpaired) electrons. The van der Waals surface area contributed by atoms with Crippen LogP contribution >= 0.6 is 0 Å². The molecular formula is C27H28N2O2. The molecule has 0 bridgehead atoms. The highest BCUT2D eigenvalue weighted by Crippen LogP contribution is 2.20. The van der Waals surface area contributed by atoms with Gasteiger partial charge in [0.2, 0.25) is 5.91 Å². The van der Waals surface area contributed by atoms with E-state index in [1.54, 1.807) is 0 Å². The molecular weight excluding hydrogens is 384 g/mol. The number of piperazine rings is 1. The molecule has 0 saturated carbocycles. The van der Waals surface area contributed by atoms with Crippen molar-refractivity contribution in [3.63, 3.8) is 0 Å². The molecule has 1 heterocycles. The number of nitrogens with zero attached hydrogens (tertiary/aromatic N) is 2. The molecule has 2 amide bonds. The van der Waals surface area contributed by atoms with Gasteiger partial charge in [-0.25, -0.2) is 0 Å². The van der Waals surface area contributed by atoms with Crippen molar-refractivity contribution < 1.29 is 9.59 Å². The first-order chi connectivity index (χ1) is 15.2. The molecule has 158 valence electrons. The maximum atomic E-state index is 12.9. The van der Waals surface area contributed by atoms with Crippen molar-refractivity contribution in [1.82, 2.24) is 9.80 Å². The van der Waals surface area contributed by atoms with Gasteiger partial charge >= 0.3 is 0 Å². The minimum Gasteiger partial charge on any atom is -0.339 e. The Kier molecular flexibility index (Phi) is 6.78. The highest BCUT2D eigenvalue weighted by atomic mass is 16.2. The van der Waals surface area contributed by atoms with Gasteiger partial charge in [-0.3, -0.25) is 9.59 Å². The topological polar surface area (TPSA) is 40.6 Å². The second kappa shape index (κ2) is 10.1. The second-order valence-corrected chi connectivity index (χ2v) is 7.96. The number of amides is 2. The second-order valence-electron chi connectivity index (χ2n) is 7.96. The summed E-state index contributed by atoms with van der Waals surface area (Å²) in [5, 5.41) is 0. The lowest BCUT2D eigenvalue weighted by Crippen LogP contribution is -2.50. The van der Waals surface area contributed by atoms with E-state index in [2.05, 4.69) is 24.3 Å². The molecule has 1 aliphatic heterocycles. The average Bonchev–Trinajstić information content (AvgIpc) is 2.85. The van der Waals surface area contributed by atoms with E-state index >= 15 is 0 Å². The van der Waals surface area contributed by atoms with E-state index in [1.807, 2.05) is 70.5 Å². The van der Waals surface area contributed by atoms with Crippen molar-refractivity contribution in [2.75, 3.05) is 26.2 Å². The van der Waals surface area contributed by atoms with Crippen LogP contribution in [0.2, 0.25) is 0 Å². The normalized spacial score (nSPS) is 13.8. The summed E-state index contributed by atoms with van der Waals surface area (Å²) < 4.78 is 0. The molecule has 1 aliphatic rings.